The van der Waals surface area contributed by atoms with Gasteiger partial charge in [0.2, 0.25) is 0 Å². The number of carbonyl (C=O) groups is 1. The first kappa shape index (κ1) is 14.5. The van der Waals surface area contributed by atoms with E-state index in [-0.39, 0.29) is 5.91 Å². The van der Waals surface area contributed by atoms with E-state index in [0.29, 0.717) is 17.9 Å². The third kappa shape index (κ3) is 2.92. The molecule has 0 aliphatic heterocycles. The van der Waals surface area contributed by atoms with Crippen LogP contribution >= 0.6 is 11.3 Å². The van der Waals surface area contributed by atoms with E-state index in [9.17, 15) is 4.79 Å². The Kier molecular flexibility index (Phi) is 4.02. The summed E-state index contributed by atoms with van der Waals surface area (Å²) in [5.74, 6) is 1.17. The molecule has 22 heavy (non-hydrogen) atoms. The van der Waals surface area contributed by atoms with Gasteiger partial charge in [0.05, 0.1) is 23.5 Å². The van der Waals surface area contributed by atoms with Crippen molar-refractivity contribution in [3.8, 4) is 11.3 Å². The third-order valence-electron chi connectivity index (χ3n) is 3.27. The Morgan fingerprint density at radius 1 is 1.32 bits per heavy atom. The number of furan rings is 1. The average Bonchev–Trinajstić information content (AvgIpc) is 3.15. The number of amides is 1. The lowest BCUT2D eigenvalue weighted by Crippen LogP contribution is -2.24. The molecule has 0 fully saturated rings. The van der Waals surface area contributed by atoms with Crippen molar-refractivity contribution in [3.05, 3.63) is 58.1 Å². The van der Waals surface area contributed by atoms with E-state index in [2.05, 4.69) is 15.3 Å². The van der Waals surface area contributed by atoms with Gasteiger partial charge in [0.25, 0.3) is 5.91 Å². The first-order valence-corrected chi connectivity index (χ1v) is 7.77. The van der Waals surface area contributed by atoms with E-state index in [4.69, 9.17) is 4.42 Å². The summed E-state index contributed by atoms with van der Waals surface area (Å²) in [5, 5.41) is 6.88. The molecular weight excluding hydrogens is 298 g/mol. The molecule has 3 rings (SSSR count). The van der Waals surface area contributed by atoms with Crippen molar-refractivity contribution in [1.82, 2.24) is 15.3 Å². The van der Waals surface area contributed by atoms with Crippen LogP contribution in [-0.4, -0.2) is 15.9 Å². The standard InChI is InChI=1S/C16H15N3O2S/c1-10-7-13(11(2)21-10)16(20)19-8-14-15(18-5-4-17-14)12-3-6-22-9-12/h3-7,9H,8H2,1-2H3,(H,19,20). The lowest BCUT2D eigenvalue weighted by Gasteiger charge is -2.07. The number of nitrogens with one attached hydrogen (secondary N) is 1. The summed E-state index contributed by atoms with van der Waals surface area (Å²) in [5.41, 5.74) is 3.10. The summed E-state index contributed by atoms with van der Waals surface area (Å²) in [6, 6.07) is 3.73. The van der Waals surface area contributed by atoms with Crippen molar-refractivity contribution < 1.29 is 9.21 Å². The van der Waals surface area contributed by atoms with Crippen molar-refractivity contribution in [2.24, 2.45) is 0 Å². The molecule has 112 valence electrons. The Hall–Kier alpha value is -2.47. The van der Waals surface area contributed by atoms with Crippen LogP contribution in [0.2, 0.25) is 0 Å². The number of thiophene rings is 1. The van der Waals surface area contributed by atoms with Crippen molar-refractivity contribution in [2.45, 2.75) is 20.4 Å². The van der Waals surface area contributed by atoms with Gasteiger partial charge in [0, 0.05) is 23.3 Å². The second-order valence-corrected chi connectivity index (χ2v) is 5.65. The lowest BCUT2D eigenvalue weighted by atomic mass is 10.2. The molecule has 1 N–H and O–H groups in total. The van der Waals surface area contributed by atoms with Crippen molar-refractivity contribution in [3.63, 3.8) is 0 Å². The second kappa shape index (κ2) is 6.11. The van der Waals surface area contributed by atoms with Crippen LogP contribution in [0.5, 0.6) is 0 Å². The lowest BCUT2D eigenvalue weighted by molar-refractivity contribution is 0.0949. The molecule has 3 heterocycles. The molecule has 3 aromatic rings. The molecule has 3 aromatic heterocycles. The number of hydrogen-bond acceptors (Lipinski definition) is 5. The van der Waals surface area contributed by atoms with Gasteiger partial charge in [-0.05, 0) is 31.4 Å². The molecule has 0 aliphatic rings. The van der Waals surface area contributed by atoms with Crippen molar-refractivity contribution in [1.29, 1.82) is 0 Å². The van der Waals surface area contributed by atoms with E-state index >= 15 is 0 Å². The predicted molar refractivity (Wildman–Crippen MR) is 84.7 cm³/mol. The van der Waals surface area contributed by atoms with Gasteiger partial charge in [-0.3, -0.25) is 14.8 Å². The highest BCUT2D eigenvalue weighted by atomic mass is 32.1. The van der Waals surface area contributed by atoms with Crippen LogP contribution in [0, 0.1) is 13.8 Å². The maximum atomic E-state index is 12.2. The van der Waals surface area contributed by atoms with E-state index in [1.165, 1.54) is 0 Å². The molecule has 0 unspecified atom stereocenters. The highest BCUT2D eigenvalue weighted by Crippen LogP contribution is 2.22. The molecule has 0 saturated heterocycles. The van der Waals surface area contributed by atoms with Gasteiger partial charge in [-0.1, -0.05) is 0 Å². The smallest absolute Gasteiger partial charge is 0.255 e. The summed E-state index contributed by atoms with van der Waals surface area (Å²) in [6.45, 7) is 3.92. The predicted octanol–water partition coefficient (Wildman–Crippen LogP) is 3.34. The van der Waals surface area contributed by atoms with E-state index < -0.39 is 0 Å². The van der Waals surface area contributed by atoms with Crippen molar-refractivity contribution in [2.75, 3.05) is 0 Å². The molecule has 0 aliphatic carbocycles. The highest BCUT2D eigenvalue weighted by Gasteiger charge is 2.15. The van der Waals surface area contributed by atoms with E-state index in [0.717, 1.165) is 22.7 Å². The number of nitrogens with zero attached hydrogens (tertiary/aromatic N) is 2. The molecule has 0 atom stereocenters. The van der Waals surface area contributed by atoms with Crippen LogP contribution in [0.3, 0.4) is 0 Å². The zero-order valence-corrected chi connectivity index (χ0v) is 13.1. The summed E-state index contributed by atoms with van der Waals surface area (Å²) < 4.78 is 5.38. The fourth-order valence-corrected chi connectivity index (χ4v) is 2.89. The van der Waals surface area contributed by atoms with Crippen LogP contribution in [0.4, 0.5) is 0 Å². The van der Waals surface area contributed by atoms with Crippen LogP contribution in [0.15, 0.2) is 39.7 Å². The number of rotatable bonds is 4. The molecule has 0 saturated carbocycles. The summed E-state index contributed by atoms with van der Waals surface area (Å²) in [6.07, 6.45) is 3.28. The Morgan fingerprint density at radius 2 is 2.14 bits per heavy atom. The molecule has 1 amide bonds. The molecule has 5 nitrogen and oxygen atoms in total. The normalized spacial score (nSPS) is 10.6. The highest BCUT2D eigenvalue weighted by molar-refractivity contribution is 7.08. The van der Waals surface area contributed by atoms with Gasteiger partial charge in [-0.2, -0.15) is 11.3 Å². The molecule has 0 radical (unpaired) electrons. The zero-order chi connectivity index (χ0) is 15.5. The summed E-state index contributed by atoms with van der Waals surface area (Å²) in [4.78, 5) is 20.9. The minimum Gasteiger partial charge on any atom is -0.466 e. The Labute approximate surface area is 132 Å². The fraction of sp³-hybridized carbons (Fsp3) is 0.188. The van der Waals surface area contributed by atoms with Gasteiger partial charge in [0.15, 0.2) is 0 Å². The van der Waals surface area contributed by atoms with Crippen molar-refractivity contribution >= 4 is 17.2 Å². The van der Waals surface area contributed by atoms with E-state index in [1.807, 2.05) is 23.8 Å². The zero-order valence-electron chi connectivity index (χ0n) is 12.3. The maximum absolute atomic E-state index is 12.2. The van der Waals surface area contributed by atoms with Gasteiger partial charge in [-0.25, -0.2) is 0 Å². The Bertz CT molecular complexity index is 794. The summed E-state index contributed by atoms with van der Waals surface area (Å²) >= 11 is 1.60. The average molecular weight is 313 g/mol. The Morgan fingerprint density at radius 3 is 2.82 bits per heavy atom. The number of aromatic nitrogens is 2. The van der Waals surface area contributed by atoms with Crippen LogP contribution in [0.1, 0.15) is 27.6 Å². The quantitative estimate of drug-likeness (QED) is 0.802. The summed E-state index contributed by atoms with van der Waals surface area (Å²) in [7, 11) is 0. The topological polar surface area (TPSA) is 68.0 Å². The first-order chi connectivity index (χ1) is 10.6. The monoisotopic (exact) mass is 313 g/mol. The number of hydrogen-bond donors (Lipinski definition) is 1. The van der Waals surface area contributed by atoms with Gasteiger partial charge in [0.1, 0.15) is 11.5 Å². The minimum absolute atomic E-state index is 0.170. The van der Waals surface area contributed by atoms with Gasteiger partial charge in [-0.15, -0.1) is 0 Å². The van der Waals surface area contributed by atoms with Gasteiger partial charge < -0.3 is 9.73 Å². The van der Waals surface area contributed by atoms with Crippen LogP contribution < -0.4 is 5.32 Å². The molecule has 6 heteroatoms. The third-order valence-corrected chi connectivity index (χ3v) is 3.95. The van der Waals surface area contributed by atoms with Gasteiger partial charge >= 0.3 is 0 Å². The number of carbonyl (C=O) groups excluding carboxylic acids is 1. The molecule has 0 bridgehead atoms. The largest absolute Gasteiger partial charge is 0.466 e. The maximum Gasteiger partial charge on any atom is 0.255 e. The first-order valence-electron chi connectivity index (χ1n) is 6.83. The molecule has 0 aromatic carbocycles. The van der Waals surface area contributed by atoms with E-state index in [1.54, 1.807) is 36.7 Å². The second-order valence-electron chi connectivity index (χ2n) is 4.87. The molecular formula is C16H15N3O2S. The van der Waals surface area contributed by atoms with Crippen LogP contribution in [-0.2, 0) is 6.54 Å². The number of aryl methyl sites for hydroxylation is 2. The molecule has 0 spiro atoms. The SMILES string of the molecule is Cc1cc(C(=O)NCc2nccnc2-c2ccsc2)c(C)o1. The Balaban J connectivity index is 1.77. The minimum atomic E-state index is -0.170. The fourth-order valence-electron chi connectivity index (χ4n) is 2.25. The van der Waals surface area contributed by atoms with Crippen LogP contribution in [0.25, 0.3) is 11.3 Å².